The first-order chi connectivity index (χ1) is 15.8. The Kier molecular flexibility index (Phi) is 7.36. The van der Waals surface area contributed by atoms with Gasteiger partial charge in [-0.05, 0) is 30.3 Å². The van der Waals surface area contributed by atoms with Gasteiger partial charge in [0.05, 0.1) is 41.8 Å². The van der Waals surface area contributed by atoms with Crippen LogP contribution in [0.15, 0.2) is 70.7 Å². The molecule has 0 aliphatic rings. The van der Waals surface area contributed by atoms with Crippen molar-refractivity contribution < 1.29 is 22.8 Å². The minimum absolute atomic E-state index is 0.0123. The van der Waals surface area contributed by atoms with E-state index in [9.17, 15) is 18.5 Å². The van der Waals surface area contributed by atoms with E-state index >= 15 is 0 Å². The summed E-state index contributed by atoms with van der Waals surface area (Å²) in [6.07, 6.45) is 1.40. The van der Waals surface area contributed by atoms with Crippen LogP contribution < -0.4 is 19.6 Å². The molecule has 0 amide bonds. The predicted octanol–water partition coefficient (Wildman–Crippen LogP) is 4.51. The molecule has 0 aliphatic carbocycles. The number of benzene rings is 3. The molecule has 0 aliphatic heterocycles. The lowest BCUT2D eigenvalue weighted by molar-refractivity contribution is -0.385. The fourth-order valence-corrected chi connectivity index (χ4v) is 4.36. The van der Waals surface area contributed by atoms with Gasteiger partial charge in [0.1, 0.15) is 4.90 Å². The third-order valence-corrected chi connectivity index (χ3v) is 6.14. The highest BCUT2D eigenvalue weighted by atomic mass is 35.5. The maximum Gasteiger partial charge on any atom is 0.270 e. The molecule has 10 nitrogen and oxygen atoms in total. The second kappa shape index (κ2) is 10.2. The number of rotatable bonds is 9. The van der Waals surface area contributed by atoms with Crippen molar-refractivity contribution in [2.75, 3.05) is 24.4 Å². The first-order valence-corrected chi connectivity index (χ1v) is 11.2. The molecule has 0 aromatic heterocycles. The van der Waals surface area contributed by atoms with Crippen LogP contribution in [0, 0.1) is 10.1 Å². The molecular weight excluding hydrogens is 472 g/mol. The number of hydrazone groups is 1. The molecule has 33 heavy (non-hydrogen) atoms. The van der Waals surface area contributed by atoms with Gasteiger partial charge in [-0.3, -0.25) is 20.3 Å². The van der Waals surface area contributed by atoms with E-state index in [-0.39, 0.29) is 21.3 Å². The lowest BCUT2D eigenvalue weighted by Gasteiger charge is -2.13. The van der Waals surface area contributed by atoms with Crippen molar-refractivity contribution >= 4 is 44.9 Å². The summed E-state index contributed by atoms with van der Waals surface area (Å²) < 4.78 is 39.0. The second-order valence-electron chi connectivity index (χ2n) is 6.48. The van der Waals surface area contributed by atoms with Crippen LogP contribution in [0.25, 0.3) is 0 Å². The maximum absolute atomic E-state index is 13.0. The topological polar surface area (TPSA) is 132 Å². The minimum Gasteiger partial charge on any atom is -0.493 e. The van der Waals surface area contributed by atoms with Gasteiger partial charge in [0.15, 0.2) is 11.5 Å². The molecule has 0 spiro atoms. The Morgan fingerprint density at radius 3 is 2.45 bits per heavy atom. The fourth-order valence-electron chi connectivity index (χ4n) is 2.87. The summed E-state index contributed by atoms with van der Waals surface area (Å²) in [5.74, 6) is 0.923. The Labute approximate surface area is 195 Å². The highest BCUT2D eigenvalue weighted by molar-refractivity contribution is 7.93. The standard InChI is InChI=1S/C21H19ClN4O6S/c1-31-19-9-5-6-14(21(19)32-2)13-23-24-18-11-10-15(26(27)28)12-20(18)33(29,30)25-17-8-4-3-7-16(17)22/h3-13,24-25H,1-2H3/b23-13-. The van der Waals surface area contributed by atoms with Gasteiger partial charge in [0.2, 0.25) is 0 Å². The third-order valence-electron chi connectivity index (χ3n) is 4.41. The van der Waals surface area contributed by atoms with Crippen molar-refractivity contribution in [3.05, 3.63) is 81.4 Å². The van der Waals surface area contributed by atoms with Gasteiger partial charge in [-0.1, -0.05) is 29.8 Å². The molecule has 0 heterocycles. The highest BCUT2D eigenvalue weighted by Crippen LogP contribution is 2.31. The van der Waals surface area contributed by atoms with Crippen LogP contribution in [0.4, 0.5) is 17.1 Å². The average Bonchev–Trinajstić information content (AvgIpc) is 2.80. The molecule has 3 aromatic carbocycles. The number of halogens is 1. The molecule has 0 atom stereocenters. The monoisotopic (exact) mass is 490 g/mol. The zero-order valence-electron chi connectivity index (χ0n) is 17.5. The van der Waals surface area contributed by atoms with E-state index in [1.54, 1.807) is 30.3 Å². The molecule has 172 valence electrons. The molecule has 0 bridgehead atoms. The van der Waals surface area contributed by atoms with Gasteiger partial charge >= 0.3 is 0 Å². The molecule has 0 fully saturated rings. The van der Waals surface area contributed by atoms with Gasteiger partial charge in [0, 0.05) is 17.7 Å². The van der Waals surface area contributed by atoms with Crippen molar-refractivity contribution in [3.63, 3.8) is 0 Å². The van der Waals surface area contributed by atoms with Gasteiger partial charge in [-0.25, -0.2) is 8.42 Å². The first-order valence-electron chi connectivity index (χ1n) is 9.32. The van der Waals surface area contributed by atoms with Crippen molar-refractivity contribution in [2.45, 2.75) is 4.90 Å². The largest absolute Gasteiger partial charge is 0.493 e. The summed E-state index contributed by atoms with van der Waals surface area (Å²) in [7, 11) is -1.29. The number of nitro groups is 1. The second-order valence-corrected chi connectivity index (χ2v) is 8.53. The molecule has 2 N–H and O–H groups in total. The number of hydrogen-bond donors (Lipinski definition) is 2. The van der Waals surface area contributed by atoms with Crippen molar-refractivity contribution in [1.82, 2.24) is 0 Å². The molecule has 3 aromatic rings. The lowest BCUT2D eigenvalue weighted by atomic mass is 10.2. The van der Waals surface area contributed by atoms with Crippen LogP contribution in [0.1, 0.15) is 5.56 Å². The summed E-state index contributed by atoms with van der Waals surface area (Å²) in [4.78, 5) is 10.2. The number of methoxy groups -OCH3 is 2. The lowest BCUT2D eigenvalue weighted by Crippen LogP contribution is -2.15. The number of anilines is 2. The van der Waals surface area contributed by atoms with Gasteiger partial charge in [-0.2, -0.15) is 5.10 Å². The van der Waals surface area contributed by atoms with Gasteiger partial charge < -0.3 is 9.47 Å². The molecule has 0 saturated carbocycles. The number of hydrogen-bond acceptors (Lipinski definition) is 8. The van der Waals surface area contributed by atoms with Crippen LogP contribution in [-0.2, 0) is 10.0 Å². The minimum atomic E-state index is -4.26. The Morgan fingerprint density at radius 1 is 1.03 bits per heavy atom. The normalized spacial score (nSPS) is 11.2. The van der Waals surface area contributed by atoms with E-state index in [2.05, 4.69) is 15.2 Å². The zero-order valence-corrected chi connectivity index (χ0v) is 19.1. The van der Waals surface area contributed by atoms with Crippen molar-refractivity contribution in [1.29, 1.82) is 0 Å². The molecule has 3 rings (SSSR count). The van der Waals surface area contributed by atoms with Crippen molar-refractivity contribution in [3.8, 4) is 11.5 Å². The third kappa shape index (κ3) is 5.51. The molecule has 0 unspecified atom stereocenters. The molecule has 0 saturated heterocycles. The van der Waals surface area contributed by atoms with E-state index < -0.39 is 20.6 Å². The number of nitrogens with one attached hydrogen (secondary N) is 2. The number of ether oxygens (including phenoxy) is 2. The number of para-hydroxylation sites is 2. The quantitative estimate of drug-likeness (QED) is 0.256. The van der Waals surface area contributed by atoms with E-state index in [1.165, 1.54) is 44.7 Å². The molecular formula is C21H19ClN4O6S. The predicted molar refractivity (Wildman–Crippen MR) is 126 cm³/mol. The first kappa shape index (κ1) is 23.8. The van der Waals surface area contributed by atoms with E-state index in [1.807, 2.05) is 0 Å². The Bertz CT molecular complexity index is 1310. The Hall–Kier alpha value is -3.83. The zero-order chi connectivity index (χ0) is 24.0. The Morgan fingerprint density at radius 2 is 1.79 bits per heavy atom. The summed E-state index contributed by atoms with van der Waals surface area (Å²) in [6.45, 7) is 0. The summed E-state index contributed by atoms with van der Waals surface area (Å²) in [5.41, 5.74) is 2.92. The number of nitro benzene ring substituents is 1. The van der Waals surface area contributed by atoms with E-state index in [4.69, 9.17) is 21.1 Å². The number of nitrogens with zero attached hydrogens (tertiary/aromatic N) is 2. The smallest absolute Gasteiger partial charge is 0.270 e. The van der Waals surface area contributed by atoms with E-state index in [0.29, 0.717) is 17.1 Å². The van der Waals surface area contributed by atoms with Crippen LogP contribution >= 0.6 is 11.6 Å². The average molecular weight is 491 g/mol. The number of sulfonamides is 1. The van der Waals surface area contributed by atoms with Crippen LogP contribution in [0.2, 0.25) is 5.02 Å². The van der Waals surface area contributed by atoms with Crippen LogP contribution in [-0.4, -0.2) is 33.8 Å². The Balaban J connectivity index is 1.97. The summed E-state index contributed by atoms with van der Waals surface area (Å²) in [6, 6.07) is 14.7. The van der Waals surface area contributed by atoms with Crippen LogP contribution in [0.3, 0.4) is 0 Å². The highest BCUT2D eigenvalue weighted by Gasteiger charge is 2.23. The molecule has 0 radical (unpaired) electrons. The molecule has 12 heteroatoms. The van der Waals surface area contributed by atoms with Gasteiger partial charge in [0.25, 0.3) is 15.7 Å². The maximum atomic E-state index is 13.0. The number of non-ortho nitro benzene ring substituents is 1. The fraction of sp³-hybridized carbons (Fsp3) is 0.0952. The van der Waals surface area contributed by atoms with Crippen molar-refractivity contribution in [2.24, 2.45) is 5.10 Å². The summed E-state index contributed by atoms with van der Waals surface area (Å²) in [5, 5.41) is 15.5. The van der Waals surface area contributed by atoms with E-state index in [0.717, 1.165) is 6.07 Å². The van der Waals surface area contributed by atoms with Crippen LogP contribution in [0.5, 0.6) is 11.5 Å². The summed E-state index contributed by atoms with van der Waals surface area (Å²) >= 11 is 6.05. The SMILES string of the molecule is COc1cccc(/C=N\Nc2ccc([N+](=O)[O-])cc2S(=O)(=O)Nc2ccccc2Cl)c1OC. The van der Waals surface area contributed by atoms with Gasteiger partial charge in [-0.15, -0.1) is 0 Å².